The second kappa shape index (κ2) is 4.47. The van der Waals surface area contributed by atoms with Gasteiger partial charge >= 0.3 is 5.97 Å². The highest BCUT2D eigenvalue weighted by Gasteiger charge is 2.48. The van der Waals surface area contributed by atoms with Crippen LogP contribution in [0.25, 0.3) is 0 Å². The van der Waals surface area contributed by atoms with Gasteiger partial charge in [-0.15, -0.1) is 0 Å². The van der Waals surface area contributed by atoms with Crippen LogP contribution < -0.4 is 4.74 Å². The maximum Gasteiger partial charge on any atom is 0.304 e. The van der Waals surface area contributed by atoms with Crippen LogP contribution in [0.2, 0.25) is 5.02 Å². The number of aliphatic carboxylic acids is 1. The number of carboxylic acids is 1. The van der Waals surface area contributed by atoms with E-state index < -0.39 is 5.97 Å². The summed E-state index contributed by atoms with van der Waals surface area (Å²) in [6.07, 6.45) is 1.90. The highest BCUT2D eigenvalue weighted by atomic mass is 35.5. The molecule has 0 aromatic heterocycles. The van der Waals surface area contributed by atoms with Gasteiger partial charge in [0.15, 0.2) is 0 Å². The van der Waals surface area contributed by atoms with Gasteiger partial charge in [-0.2, -0.15) is 0 Å². The van der Waals surface area contributed by atoms with Crippen LogP contribution in [0.4, 0.5) is 0 Å². The molecule has 0 heterocycles. The lowest BCUT2D eigenvalue weighted by Crippen LogP contribution is -2.15. The summed E-state index contributed by atoms with van der Waals surface area (Å²) in [6.45, 7) is 3.90. The molecule has 98 valence electrons. The van der Waals surface area contributed by atoms with E-state index in [1.54, 1.807) is 7.11 Å². The Bertz CT molecular complexity index is 504. The molecule has 1 aromatic rings. The summed E-state index contributed by atoms with van der Waals surface area (Å²) in [5.74, 6) is 0.0357. The summed E-state index contributed by atoms with van der Waals surface area (Å²) in [4.78, 5) is 11.0. The number of benzene rings is 1. The third-order valence-electron chi connectivity index (χ3n) is 3.73. The van der Waals surface area contributed by atoms with Gasteiger partial charge in [0, 0.05) is 10.4 Å². The third-order valence-corrected chi connectivity index (χ3v) is 4.03. The van der Waals surface area contributed by atoms with Crippen LogP contribution in [0.5, 0.6) is 5.75 Å². The number of methoxy groups -OCH3 is 1. The van der Waals surface area contributed by atoms with Crippen molar-refractivity contribution in [2.75, 3.05) is 7.11 Å². The van der Waals surface area contributed by atoms with Gasteiger partial charge in [-0.3, -0.25) is 4.79 Å². The van der Waals surface area contributed by atoms with Crippen LogP contribution in [0.3, 0.4) is 0 Å². The molecule has 0 radical (unpaired) electrons. The van der Waals surface area contributed by atoms with Crippen molar-refractivity contribution in [2.45, 2.75) is 38.5 Å². The number of hydrogen-bond donors (Lipinski definition) is 1. The van der Waals surface area contributed by atoms with Crippen LogP contribution in [0, 0.1) is 13.8 Å². The fraction of sp³-hybridized carbons (Fsp3) is 0.500. The van der Waals surface area contributed by atoms with Crippen molar-refractivity contribution in [3.05, 3.63) is 27.8 Å². The molecule has 3 nitrogen and oxygen atoms in total. The molecule has 0 aliphatic heterocycles. The SMILES string of the molecule is COc1c(C)cc(Cl)c(C2(CC(=O)O)CC2)c1C. The molecule has 0 spiro atoms. The Morgan fingerprint density at radius 3 is 2.56 bits per heavy atom. The van der Waals surface area contributed by atoms with Crippen LogP contribution >= 0.6 is 11.6 Å². The van der Waals surface area contributed by atoms with Crippen molar-refractivity contribution in [3.63, 3.8) is 0 Å². The molecule has 1 aliphatic carbocycles. The van der Waals surface area contributed by atoms with Crippen LogP contribution in [0.15, 0.2) is 6.07 Å². The summed E-state index contributed by atoms with van der Waals surface area (Å²) in [7, 11) is 1.63. The van der Waals surface area contributed by atoms with E-state index in [-0.39, 0.29) is 11.8 Å². The first-order valence-corrected chi connectivity index (χ1v) is 6.35. The number of carbonyl (C=O) groups is 1. The lowest BCUT2D eigenvalue weighted by Gasteiger charge is -2.21. The molecule has 18 heavy (non-hydrogen) atoms. The molecule has 1 aliphatic rings. The van der Waals surface area contributed by atoms with Crippen molar-refractivity contribution in [2.24, 2.45) is 0 Å². The fourth-order valence-electron chi connectivity index (χ4n) is 2.84. The highest BCUT2D eigenvalue weighted by molar-refractivity contribution is 6.31. The molecule has 2 rings (SSSR count). The van der Waals surface area contributed by atoms with E-state index in [2.05, 4.69) is 0 Å². The molecule has 0 atom stereocenters. The Hall–Kier alpha value is -1.22. The standard InChI is InChI=1S/C14H17ClO3/c1-8-6-10(15)12(9(2)13(8)18-3)14(4-5-14)7-11(16)17/h6H,4-5,7H2,1-3H3,(H,16,17). The van der Waals surface area contributed by atoms with Gasteiger partial charge < -0.3 is 9.84 Å². The number of ether oxygens (including phenoxy) is 1. The summed E-state index contributed by atoms with van der Waals surface area (Å²) >= 11 is 6.32. The molecule has 1 fully saturated rings. The van der Waals surface area contributed by atoms with Crippen molar-refractivity contribution >= 4 is 17.6 Å². The van der Waals surface area contributed by atoms with Gasteiger partial charge in [0.1, 0.15) is 5.75 Å². The molecule has 4 heteroatoms. The van der Waals surface area contributed by atoms with Crippen molar-refractivity contribution in [1.29, 1.82) is 0 Å². The lowest BCUT2D eigenvalue weighted by molar-refractivity contribution is -0.137. The average molecular weight is 269 g/mol. The zero-order valence-electron chi connectivity index (χ0n) is 10.8. The zero-order chi connectivity index (χ0) is 13.5. The second-order valence-electron chi connectivity index (χ2n) is 5.06. The van der Waals surface area contributed by atoms with Crippen molar-refractivity contribution < 1.29 is 14.6 Å². The normalized spacial score (nSPS) is 16.4. The monoisotopic (exact) mass is 268 g/mol. The average Bonchev–Trinajstić information content (AvgIpc) is 2.96. The highest BCUT2D eigenvalue weighted by Crippen LogP contribution is 2.55. The quantitative estimate of drug-likeness (QED) is 0.909. The first kappa shape index (κ1) is 13.2. The smallest absolute Gasteiger partial charge is 0.304 e. The van der Waals surface area contributed by atoms with E-state index >= 15 is 0 Å². The molecule has 0 unspecified atom stereocenters. The minimum Gasteiger partial charge on any atom is -0.496 e. The molecule has 0 amide bonds. The Labute approximate surface area is 112 Å². The van der Waals surface area contributed by atoms with Crippen molar-refractivity contribution in [1.82, 2.24) is 0 Å². The van der Waals surface area contributed by atoms with E-state index in [1.807, 2.05) is 19.9 Å². The predicted molar refractivity (Wildman–Crippen MR) is 70.6 cm³/mol. The number of carboxylic acid groups (broad SMARTS) is 1. The number of rotatable bonds is 4. The minimum absolute atomic E-state index is 0.139. The van der Waals surface area contributed by atoms with E-state index in [4.69, 9.17) is 21.4 Å². The first-order valence-electron chi connectivity index (χ1n) is 5.97. The predicted octanol–water partition coefficient (Wildman–Crippen LogP) is 3.47. The zero-order valence-corrected chi connectivity index (χ0v) is 11.6. The van der Waals surface area contributed by atoms with Crippen LogP contribution in [-0.2, 0) is 10.2 Å². The van der Waals surface area contributed by atoms with Gasteiger partial charge in [0.25, 0.3) is 0 Å². The molecule has 0 saturated heterocycles. The van der Waals surface area contributed by atoms with E-state index in [0.717, 1.165) is 35.3 Å². The molecular formula is C14H17ClO3. The summed E-state index contributed by atoms with van der Waals surface area (Å²) in [6, 6.07) is 1.87. The summed E-state index contributed by atoms with van der Waals surface area (Å²) in [5, 5.41) is 9.70. The Morgan fingerprint density at radius 1 is 1.50 bits per heavy atom. The second-order valence-corrected chi connectivity index (χ2v) is 5.47. The Morgan fingerprint density at radius 2 is 2.11 bits per heavy atom. The third kappa shape index (κ3) is 2.07. The van der Waals surface area contributed by atoms with E-state index in [9.17, 15) is 4.79 Å². The Balaban J connectivity index is 2.54. The number of aryl methyl sites for hydroxylation is 1. The largest absolute Gasteiger partial charge is 0.496 e. The maximum absolute atomic E-state index is 11.0. The summed E-state index contributed by atoms with van der Waals surface area (Å²) < 4.78 is 5.39. The first-order chi connectivity index (χ1) is 8.41. The Kier molecular flexibility index (Phi) is 3.28. The van der Waals surface area contributed by atoms with Gasteiger partial charge in [0.2, 0.25) is 0 Å². The molecule has 1 N–H and O–H groups in total. The fourth-order valence-corrected chi connectivity index (χ4v) is 3.34. The van der Waals surface area contributed by atoms with E-state index in [0.29, 0.717) is 5.02 Å². The maximum atomic E-state index is 11.0. The lowest BCUT2D eigenvalue weighted by atomic mass is 9.87. The van der Waals surface area contributed by atoms with Gasteiger partial charge in [0.05, 0.1) is 13.5 Å². The van der Waals surface area contributed by atoms with Gasteiger partial charge in [-0.25, -0.2) is 0 Å². The molecule has 1 aromatic carbocycles. The van der Waals surface area contributed by atoms with Crippen LogP contribution in [0.1, 0.15) is 36.0 Å². The van der Waals surface area contributed by atoms with Crippen LogP contribution in [-0.4, -0.2) is 18.2 Å². The molecular weight excluding hydrogens is 252 g/mol. The number of hydrogen-bond acceptors (Lipinski definition) is 2. The topological polar surface area (TPSA) is 46.5 Å². The minimum atomic E-state index is -0.775. The summed E-state index contributed by atoms with van der Waals surface area (Å²) in [5.41, 5.74) is 2.62. The van der Waals surface area contributed by atoms with Gasteiger partial charge in [-0.1, -0.05) is 11.6 Å². The van der Waals surface area contributed by atoms with Gasteiger partial charge in [-0.05, 0) is 49.4 Å². The number of halogens is 1. The molecule has 1 saturated carbocycles. The van der Waals surface area contributed by atoms with Crippen molar-refractivity contribution in [3.8, 4) is 5.75 Å². The van der Waals surface area contributed by atoms with E-state index in [1.165, 1.54) is 0 Å². The molecule has 0 bridgehead atoms.